The highest BCUT2D eigenvalue weighted by Gasteiger charge is 2.13. The van der Waals surface area contributed by atoms with Crippen LogP contribution < -0.4 is 5.73 Å². The van der Waals surface area contributed by atoms with Gasteiger partial charge in [0.15, 0.2) is 0 Å². The van der Waals surface area contributed by atoms with Crippen molar-refractivity contribution in [1.29, 1.82) is 0 Å². The number of nitrogen functional groups attached to an aromatic ring is 1. The fourth-order valence-corrected chi connectivity index (χ4v) is 2.27. The summed E-state index contributed by atoms with van der Waals surface area (Å²) in [6, 6.07) is 1.66. The van der Waals surface area contributed by atoms with Crippen LogP contribution >= 0.6 is 22.9 Å². The molecule has 6 heteroatoms. The molecule has 4 nitrogen and oxygen atoms in total. The number of hydrogen-bond donors (Lipinski definition) is 2. The van der Waals surface area contributed by atoms with Crippen LogP contribution in [0.3, 0.4) is 0 Å². The van der Waals surface area contributed by atoms with E-state index in [-0.39, 0.29) is 11.3 Å². The summed E-state index contributed by atoms with van der Waals surface area (Å²) in [7, 11) is 0. The average Bonchev–Trinajstić information content (AvgIpc) is 2.46. The van der Waals surface area contributed by atoms with Gasteiger partial charge >= 0.3 is 5.97 Å². The van der Waals surface area contributed by atoms with Crippen LogP contribution in [0.1, 0.15) is 10.4 Å². The molecule has 0 aliphatic heterocycles. The van der Waals surface area contributed by atoms with Crippen molar-refractivity contribution in [2.45, 2.75) is 0 Å². The lowest BCUT2D eigenvalue weighted by atomic mass is 10.2. The quantitative estimate of drug-likeness (QED) is 0.785. The smallest absolute Gasteiger partial charge is 0.339 e. The lowest BCUT2D eigenvalue weighted by Gasteiger charge is -1.99. The number of hydrogen-bond acceptors (Lipinski definition) is 4. The number of nitrogens with two attached hydrogens (primary N) is 1. The molecule has 0 spiro atoms. The molecule has 0 bridgehead atoms. The van der Waals surface area contributed by atoms with E-state index >= 15 is 0 Å². The van der Waals surface area contributed by atoms with Crippen LogP contribution in [0, 0.1) is 0 Å². The van der Waals surface area contributed by atoms with E-state index in [1.807, 2.05) is 0 Å². The summed E-state index contributed by atoms with van der Waals surface area (Å²) >= 11 is 6.99. The predicted molar refractivity (Wildman–Crippen MR) is 56.0 cm³/mol. The van der Waals surface area contributed by atoms with E-state index < -0.39 is 5.97 Å². The Labute approximate surface area is 87.9 Å². The van der Waals surface area contributed by atoms with Crippen LogP contribution in [-0.2, 0) is 0 Å². The molecule has 2 rings (SSSR count). The van der Waals surface area contributed by atoms with Crippen LogP contribution in [0.2, 0.25) is 4.34 Å². The first-order valence-corrected chi connectivity index (χ1v) is 4.86. The van der Waals surface area contributed by atoms with Gasteiger partial charge in [-0.2, -0.15) is 0 Å². The molecule has 0 fully saturated rings. The summed E-state index contributed by atoms with van der Waals surface area (Å²) in [5, 5.41) is 8.78. The second-order valence-corrected chi connectivity index (χ2v) is 4.34. The first-order valence-electron chi connectivity index (χ1n) is 3.66. The highest BCUT2D eigenvalue weighted by atomic mass is 35.5. The van der Waals surface area contributed by atoms with Crippen molar-refractivity contribution < 1.29 is 9.90 Å². The Bertz CT molecular complexity index is 523. The molecule has 0 radical (unpaired) electrons. The van der Waals surface area contributed by atoms with Crippen molar-refractivity contribution in [2.24, 2.45) is 0 Å². The number of carboxylic acid groups (broad SMARTS) is 1. The van der Waals surface area contributed by atoms with Crippen LogP contribution in [-0.4, -0.2) is 16.1 Å². The highest BCUT2D eigenvalue weighted by molar-refractivity contribution is 7.23. The molecule has 0 aliphatic carbocycles. The third-order valence-electron chi connectivity index (χ3n) is 1.78. The fraction of sp³-hybridized carbons (Fsp3) is 0. The van der Waals surface area contributed by atoms with Gasteiger partial charge in [0.1, 0.15) is 5.56 Å². The van der Waals surface area contributed by atoms with Gasteiger partial charge in [0, 0.05) is 6.20 Å². The molecule has 0 aromatic carbocycles. The summed E-state index contributed by atoms with van der Waals surface area (Å²) in [5.74, 6) is -1.08. The number of fused-ring (bicyclic) bond motifs is 1. The first-order chi connectivity index (χ1) is 6.59. The Hall–Kier alpha value is -1.33. The topological polar surface area (TPSA) is 76.2 Å². The van der Waals surface area contributed by atoms with Crippen LogP contribution in [0.25, 0.3) is 10.2 Å². The standard InChI is InChI=1S/C8H5ClN2O2S/c9-5-1-4-7(14-5)6(10)3(2-11-4)8(12)13/h1-2H,(H2,10,11)(H,12,13). The van der Waals surface area contributed by atoms with Gasteiger partial charge < -0.3 is 10.8 Å². The Morgan fingerprint density at radius 1 is 1.64 bits per heavy atom. The maximum absolute atomic E-state index is 10.7. The molecule has 2 aromatic heterocycles. The van der Waals surface area contributed by atoms with Crippen molar-refractivity contribution in [3.8, 4) is 0 Å². The molecular weight excluding hydrogens is 224 g/mol. The van der Waals surface area contributed by atoms with E-state index in [1.54, 1.807) is 6.07 Å². The van der Waals surface area contributed by atoms with E-state index in [4.69, 9.17) is 22.4 Å². The molecular formula is C8H5ClN2O2S. The number of halogens is 1. The normalized spacial score (nSPS) is 10.6. The zero-order valence-corrected chi connectivity index (χ0v) is 8.39. The van der Waals surface area contributed by atoms with E-state index in [0.29, 0.717) is 14.6 Å². The Balaban J connectivity index is 2.80. The van der Waals surface area contributed by atoms with E-state index in [9.17, 15) is 4.79 Å². The number of rotatable bonds is 1. The molecule has 0 amide bonds. The molecule has 0 saturated carbocycles. The van der Waals surface area contributed by atoms with Gasteiger partial charge in [0.05, 0.1) is 20.2 Å². The molecule has 0 aliphatic rings. The summed E-state index contributed by atoms with van der Waals surface area (Å²) in [5.41, 5.74) is 6.52. The number of carbonyl (C=O) groups is 1. The monoisotopic (exact) mass is 228 g/mol. The summed E-state index contributed by atoms with van der Waals surface area (Å²) < 4.78 is 1.16. The first kappa shape index (κ1) is 9.23. The van der Waals surface area contributed by atoms with Crippen LogP contribution in [0.15, 0.2) is 12.3 Å². The molecule has 2 aromatic rings. The van der Waals surface area contributed by atoms with Crippen molar-refractivity contribution in [3.05, 3.63) is 22.2 Å². The predicted octanol–water partition coefficient (Wildman–Crippen LogP) is 2.23. The van der Waals surface area contributed by atoms with Gasteiger partial charge in [-0.3, -0.25) is 4.98 Å². The number of nitrogens with zero attached hydrogens (tertiary/aromatic N) is 1. The molecule has 0 atom stereocenters. The van der Waals surface area contributed by atoms with Gasteiger partial charge in [-0.15, -0.1) is 11.3 Å². The zero-order valence-electron chi connectivity index (χ0n) is 6.82. The Morgan fingerprint density at radius 2 is 2.36 bits per heavy atom. The van der Waals surface area contributed by atoms with Crippen molar-refractivity contribution in [2.75, 3.05) is 5.73 Å². The second-order valence-electron chi connectivity index (χ2n) is 2.66. The minimum atomic E-state index is -1.08. The molecule has 2 heterocycles. The van der Waals surface area contributed by atoms with Gasteiger partial charge in [-0.05, 0) is 6.07 Å². The van der Waals surface area contributed by atoms with E-state index in [1.165, 1.54) is 17.5 Å². The number of pyridine rings is 1. The van der Waals surface area contributed by atoms with E-state index in [2.05, 4.69) is 4.98 Å². The largest absolute Gasteiger partial charge is 0.478 e. The lowest BCUT2D eigenvalue weighted by molar-refractivity contribution is 0.0698. The van der Waals surface area contributed by atoms with Crippen molar-refractivity contribution in [1.82, 2.24) is 4.98 Å². The van der Waals surface area contributed by atoms with Crippen molar-refractivity contribution >= 4 is 44.8 Å². The summed E-state index contributed by atoms with van der Waals surface area (Å²) in [4.78, 5) is 14.7. The molecule has 72 valence electrons. The second kappa shape index (κ2) is 3.11. The summed E-state index contributed by atoms with van der Waals surface area (Å²) in [6.07, 6.45) is 1.24. The minimum absolute atomic E-state index is 0.0102. The maximum Gasteiger partial charge on any atom is 0.339 e. The third-order valence-corrected chi connectivity index (χ3v) is 3.07. The number of aromatic carboxylic acids is 1. The van der Waals surface area contributed by atoms with Crippen LogP contribution in [0.4, 0.5) is 5.69 Å². The number of thiophene rings is 1. The van der Waals surface area contributed by atoms with Gasteiger partial charge in [-0.25, -0.2) is 4.79 Å². The van der Waals surface area contributed by atoms with Gasteiger partial charge in [-0.1, -0.05) is 11.6 Å². The number of anilines is 1. The average molecular weight is 229 g/mol. The molecule has 0 unspecified atom stereocenters. The maximum atomic E-state index is 10.7. The number of carboxylic acids is 1. The molecule has 3 N–H and O–H groups in total. The highest BCUT2D eigenvalue weighted by Crippen LogP contribution is 2.33. The van der Waals surface area contributed by atoms with Gasteiger partial charge in [0.25, 0.3) is 0 Å². The Morgan fingerprint density at radius 3 is 3.00 bits per heavy atom. The molecule has 0 saturated heterocycles. The lowest BCUT2D eigenvalue weighted by Crippen LogP contribution is -2.02. The Kier molecular flexibility index (Phi) is 2.05. The number of aromatic nitrogens is 1. The summed E-state index contributed by atoms with van der Waals surface area (Å²) in [6.45, 7) is 0. The van der Waals surface area contributed by atoms with Gasteiger partial charge in [0.2, 0.25) is 0 Å². The fourth-order valence-electron chi connectivity index (χ4n) is 1.14. The van der Waals surface area contributed by atoms with Crippen LogP contribution in [0.5, 0.6) is 0 Å². The molecule has 14 heavy (non-hydrogen) atoms. The third kappa shape index (κ3) is 1.30. The minimum Gasteiger partial charge on any atom is -0.478 e. The SMILES string of the molecule is Nc1c(C(=O)O)cnc2cc(Cl)sc12. The van der Waals surface area contributed by atoms with Crippen molar-refractivity contribution in [3.63, 3.8) is 0 Å². The zero-order chi connectivity index (χ0) is 10.3. The van der Waals surface area contributed by atoms with E-state index in [0.717, 1.165) is 0 Å².